The number of methoxy groups -OCH3 is 2. The molecule has 0 atom stereocenters. The maximum atomic E-state index is 5.59. The molecule has 0 fully saturated rings. The van der Waals surface area contributed by atoms with Gasteiger partial charge in [0.05, 0.1) is 14.2 Å². The summed E-state index contributed by atoms with van der Waals surface area (Å²) in [5, 5.41) is -0.965. The lowest BCUT2D eigenvalue weighted by molar-refractivity contribution is 0.302. The number of hydrogen-bond donors (Lipinski definition) is 0. The molecule has 0 saturated heterocycles. The Hall–Kier alpha value is -1.06. The smallest absolute Gasteiger partial charge is 0.248 e. The average molecular weight is 277 g/mol. The minimum Gasteiger partial charge on any atom is -0.493 e. The number of benzene rings is 1. The summed E-state index contributed by atoms with van der Waals surface area (Å²) < 4.78 is 15.7. The summed E-state index contributed by atoms with van der Waals surface area (Å²) in [5.41, 5.74) is 0.974. The van der Waals surface area contributed by atoms with E-state index in [1.807, 2.05) is 6.07 Å². The van der Waals surface area contributed by atoms with Gasteiger partial charge in [-0.1, -0.05) is 29.3 Å². The van der Waals surface area contributed by atoms with Gasteiger partial charge in [-0.25, -0.2) is 0 Å². The highest BCUT2D eigenvalue weighted by molar-refractivity contribution is 6.43. The van der Waals surface area contributed by atoms with E-state index in [1.54, 1.807) is 19.3 Å². The molecule has 0 radical (unpaired) electrons. The molecule has 0 amide bonds. The van der Waals surface area contributed by atoms with E-state index in [0.717, 1.165) is 5.56 Å². The van der Waals surface area contributed by atoms with E-state index in [-0.39, 0.29) is 0 Å². The van der Waals surface area contributed by atoms with Crippen LogP contribution < -0.4 is 14.2 Å². The highest BCUT2D eigenvalue weighted by Crippen LogP contribution is 2.39. The molecule has 94 valence electrons. The van der Waals surface area contributed by atoms with Crippen molar-refractivity contribution in [2.24, 2.45) is 0 Å². The lowest BCUT2D eigenvalue weighted by atomic mass is 10.1. The van der Waals surface area contributed by atoms with Gasteiger partial charge < -0.3 is 14.2 Å². The minimum absolute atomic E-state index is 0.443. The Morgan fingerprint density at radius 2 is 1.88 bits per heavy atom. The second kappa shape index (κ2) is 6.62. The van der Waals surface area contributed by atoms with Gasteiger partial charge in [0.2, 0.25) is 10.8 Å². The topological polar surface area (TPSA) is 27.7 Å². The number of hydrogen-bond acceptors (Lipinski definition) is 3. The largest absolute Gasteiger partial charge is 0.493 e. The summed E-state index contributed by atoms with van der Waals surface area (Å²) in [6.07, 6.45) is 2.47. The van der Waals surface area contributed by atoms with Crippen molar-refractivity contribution in [2.75, 3.05) is 14.2 Å². The molecular weight excluding hydrogens is 263 g/mol. The number of alkyl halides is 2. The van der Waals surface area contributed by atoms with Crippen molar-refractivity contribution in [1.82, 2.24) is 0 Å². The van der Waals surface area contributed by atoms with Crippen LogP contribution in [-0.4, -0.2) is 19.2 Å². The van der Waals surface area contributed by atoms with E-state index in [9.17, 15) is 0 Å². The Labute approximate surface area is 111 Å². The quantitative estimate of drug-likeness (QED) is 0.587. The molecule has 0 aliphatic carbocycles. The number of ether oxygens (including phenoxy) is 3. The van der Waals surface area contributed by atoms with Gasteiger partial charge in [-0.15, -0.1) is 6.58 Å². The normalized spacial score (nSPS) is 10.2. The third-order valence-corrected chi connectivity index (χ3v) is 2.28. The van der Waals surface area contributed by atoms with Crippen molar-refractivity contribution in [1.29, 1.82) is 0 Å². The summed E-state index contributed by atoms with van der Waals surface area (Å²) in [6, 6.07) is 3.64. The molecule has 0 aliphatic rings. The monoisotopic (exact) mass is 276 g/mol. The Kier molecular flexibility index (Phi) is 5.45. The molecule has 0 bridgehead atoms. The Morgan fingerprint density at radius 1 is 1.24 bits per heavy atom. The van der Waals surface area contributed by atoms with Crippen molar-refractivity contribution >= 4 is 23.2 Å². The van der Waals surface area contributed by atoms with Crippen LogP contribution >= 0.6 is 23.2 Å². The summed E-state index contributed by atoms with van der Waals surface area (Å²) in [7, 11) is 3.08. The van der Waals surface area contributed by atoms with Crippen molar-refractivity contribution in [3.63, 3.8) is 0 Å². The van der Waals surface area contributed by atoms with Gasteiger partial charge in [-0.3, -0.25) is 0 Å². The van der Waals surface area contributed by atoms with Gasteiger partial charge in [0.25, 0.3) is 0 Å². The molecule has 0 saturated carbocycles. The van der Waals surface area contributed by atoms with Crippen molar-refractivity contribution < 1.29 is 14.2 Å². The molecule has 0 spiro atoms. The first kappa shape index (κ1) is 14.0. The highest BCUT2D eigenvalue weighted by atomic mass is 35.5. The van der Waals surface area contributed by atoms with Gasteiger partial charge in [-0.2, -0.15) is 0 Å². The van der Waals surface area contributed by atoms with Crippen molar-refractivity contribution in [3.8, 4) is 17.2 Å². The summed E-state index contributed by atoms with van der Waals surface area (Å²) in [4.78, 5) is 0. The maximum Gasteiger partial charge on any atom is 0.248 e. The standard InChI is InChI=1S/C12H14Cl2O3/c1-4-5-8-6-9(15-2)11(16-3)10(7-8)17-12(13)14/h4,6-7,12H,1,5H2,2-3H3. The zero-order valence-electron chi connectivity index (χ0n) is 9.70. The fourth-order valence-corrected chi connectivity index (χ4v) is 1.64. The zero-order chi connectivity index (χ0) is 12.8. The van der Waals surface area contributed by atoms with E-state index < -0.39 is 5.02 Å². The molecule has 1 rings (SSSR count). The van der Waals surface area contributed by atoms with Crippen LogP contribution in [0.15, 0.2) is 24.8 Å². The van der Waals surface area contributed by atoms with Gasteiger partial charge in [0.15, 0.2) is 11.5 Å². The molecule has 17 heavy (non-hydrogen) atoms. The van der Waals surface area contributed by atoms with Gasteiger partial charge in [0.1, 0.15) is 0 Å². The summed E-state index contributed by atoms with van der Waals surface area (Å²) >= 11 is 11.2. The first-order chi connectivity index (χ1) is 8.12. The van der Waals surface area contributed by atoms with Gasteiger partial charge in [0, 0.05) is 0 Å². The van der Waals surface area contributed by atoms with Crippen LogP contribution in [0.4, 0.5) is 0 Å². The van der Waals surface area contributed by atoms with Crippen LogP contribution in [-0.2, 0) is 6.42 Å². The second-order valence-electron chi connectivity index (χ2n) is 3.20. The first-order valence-electron chi connectivity index (χ1n) is 4.93. The molecule has 5 heteroatoms. The average Bonchev–Trinajstić information content (AvgIpc) is 2.28. The Morgan fingerprint density at radius 3 is 2.35 bits per heavy atom. The molecule has 0 aliphatic heterocycles. The van der Waals surface area contributed by atoms with Crippen LogP contribution in [0, 0.1) is 0 Å². The van der Waals surface area contributed by atoms with Crippen LogP contribution in [0.2, 0.25) is 0 Å². The molecule has 0 N–H and O–H groups in total. The molecule has 1 aromatic carbocycles. The second-order valence-corrected chi connectivity index (χ2v) is 4.22. The van der Waals surface area contributed by atoms with E-state index in [1.165, 1.54) is 7.11 Å². The Balaban J connectivity index is 3.20. The highest BCUT2D eigenvalue weighted by Gasteiger charge is 2.15. The third-order valence-electron chi connectivity index (χ3n) is 2.10. The van der Waals surface area contributed by atoms with Crippen LogP contribution in [0.5, 0.6) is 17.2 Å². The van der Waals surface area contributed by atoms with E-state index in [4.69, 9.17) is 37.4 Å². The zero-order valence-corrected chi connectivity index (χ0v) is 11.2. The Bertz CT molecular complexity index is 392. The van der Waals surface area contributed by atoms with Crippen LogP contribution in [0.3, 0.4) is 0 Å². The molecule has 3 nitrogen and oxygen atoms in total. The lowest BCUT2D eigenvalue weighted by Gasteiger charge is -2.15. The molecule has 0 unspecified atom stereocenters. The number of rotatable bonds is 6. The minimum atomic E-state index is -0.965. The fourth-order valence-electron chi connectivity index (χ4n) is 1.45. The number of allylic oxidation sites excluding steroid dienone is 1. The third kappa shape index (κ3) is 3.72. The molecular formula is C12H14Cl2O3. The predicted molar refractivity (Wildman–Crippen MR) is 69.6 cm³/mol. The van der Waals surface area contributed by atoms with Crippen molar-refractivity contribution in [3.05, 3.63) is 30.4 Å². The van der Waals surface area contributed by atoms with Crippen LogP contribution in [0.25, 0.3) is 0 Å². The summed E-state index contributed by atoms with van der Waals surface area (Å²) in [6.45, 7) is 3.68. The maximum absolute atomic E-state index is 5.59. The molecule has 0 aromatic heterocycles. The predicted octanol–water partition coefficient (Wildman–Crippen LogP) is 3.57. The van der Waals surface area contributed by atoms with Crippen LogP contribution in [0.1, 0.15) is 5.56 Å². The van der Waals surface area contributed by atoms with Gasteiger partial charge >= 0.3 is 0 Å². The molecule has 1 aromatic rings. The van der Waals surface area contributed by atoms with Crippen molar-refractivity contribution in [2.45, 2.75) is 11.4 Å². The molecule has 0 heterocycles. The fraction of sp³-hybridized carbons (Fsp3) is 0.333. The first-order valence-corrected chi connectivity index (χ1v) is 5.80. The summed E-state index contributed by atoms with van der Waals surface area (Å²) in [5.74, 6) is 1.47. The van der Waals surface area contributed by atoms with E-state index in [2.05, 4.69) is 6.58 Å². The number of halogens is 2. The van der Waals surface area contributed by atoms with E-state index in [0.29, 0.717) is 23.7 Å². The van der Waals surface area contributed by atoms with E-state index >= 15 is 0 Å². The lowest BCUT2D eigenvalue weighted by Crippen LogP contribution is -2.03. The SMILES string of the molecule is C=CCc1cc(OC)c(OC)c(OC(Cl)Cl)c1. The van der Waals surface area contributed by atoms with Gasteiger partial charge in [-0.05, 0) is 24.1 Å².